The van der Waals surface area contributed by atoms with Crippen molar-refractivity contribution in [3.8, 4) is 0 Å². The molecule has 1 aromatic rings. The summed E-state index contributed by atoms with van der Waals surface area (Å²) >= 11 is 14.9. The summed E-state index contributed by atoms with van der Waals surface area (Å²) in [5.41, 5.74) is 0.602. The first-order valence-corrected chi connectivity index (χ1v) is 5.11. The molecule has 0 bridgehead atoms. The molecule has 1 aromatic carbocycles. The quantitative estimate of drug-likeness (QED) is 0.664. The van der Waals surface area contributed by atoms with Crippen LogP contribution in [0.2, 0.25) is 10.0 Å². The Bertz CT molecular complexity index is 402. The maximum absolute atomic E-state index is 10.3. The molecule has 5 heteroatoms. The Hall–Kier alpha value is -0.510. The van der Waals surface area contributed by atoms with Crippen molar-refractivity contribution in [1.29, 1.82) is 0 Å². The second kappa shape index (κ2) is 4.82. The summed E-state index contributed by atoms with van der Waals surface area (Å²) < 4.78 is 0.563. The molecule has 1 rings (SSSR count). The minimum atomic E-state index is -1.02. The van der Waals surface area contributed by atoms with E-state index >= 15 is 0 Å². The summed E-state index contributed by atoms with van der Waals surface area (Å²) in [6.45, 7) is 0. The molecular formula is C9H5BrCl2O2. The second-order valence-corrected chi connectivity index (χ2v) is 4.01. The molecule has 0 amide bonds. The molecule has 0 aromatic heterocycles. The smallest absolute Gasteiger partial charge is 0.328 e. The van der Waals surface area contributed by atoms with Gasteiger partial charge in [0.15, 0.2) is 0 Å². The summed E-state index contributed by atoms with van der Waals surface area (Å²) in [5, 5.41) is 9.31. The van der Waals surface area contributed by atoms with Crippen LogP contribution in [-0.2, 0) is 4.79 Å². The summed E-state index contributed by atoms with van der Waals surface area (Å²) in [5.74, 6) is -1.02. The molecule has 0 aliphatic carbocycles. The summed E-state index contributed by atoms with van der Waals surface area (Å²) in [7, 11) is 0. The zero-order valence-electron chi connectivity index (χ0n) is 6.80. The van der Waals surface area contributed by atoms with E-state index in [1.807, 2.05) is 0 Å². The van der Waals surface area contributed by atoms with Crippen molar-refractivity contribution < 1.29 is 9.90 Å². The van der Waals surface area contributed by atoms with E-state index in [-0.39, 0.29) is 0 Å². The van der Waals surface area contributed by atoms with E-state index in [1.54, 1.807) is 12.1 Å². The third kappa shape index (κ3) is 2.74. The van der Waals surface area contributed by atoms with Crippen LogP contribution in [0.5, 0.6) is 0 Å². The van der Waals surface area contributed by atoms with Gasteiger partial charge >= 0.3 is 5.97 Å². The molecule has 0 radical (unpaired) electrons. The average molecular weight is 296 g/mol. The van der Waals surface area contributed by atoms with Crippen LogP contribution in [0, 0.1) is 0 Å². The Morgan fingerprint density at radius 1 is 1.43 bits per heavy atom. The molecule has 2 nitrogen and oxygen atoms in total. The highest BCUT2D eigenvalue weighted by Crippen LogP contribution is 2.33. The van der Waals surface area contributed by atoms with Crippen LogP contribution < -0.4 is 0 Å². The maximum atomic E-state index is 10.3. The van der Waals surface area contributed by atoms with Crippen LogP contribution in [0.3, 0.4) is 0 Å². The first-order valence-electron chi connectivity index (χ1n) is 3.57. The van der Waals surface area contributed by atoms with Gasteiger partial charge in [-0.3, -0.25) is 0 Å². The molecule has 0 saturated heterocycles. The van der Waals surface area contributed by atoms with E-state index < -0.39 is 5.97 Å². The first-order chi connectivity index (χ1) is 6.52. The van der Waals surface area contributed by atoms with Gasteiger partial charge in [0.25, 0.3) is 0 Å². The van der Waals surface area contributed by atoms with Crippen LogP contribution in [0.15, 0.2) is 22.7 Å². The van der Waals surface area contributed by atoms with E-state index in [2.05, 4.69) is 15.9 Å². The van der Waals surface area contributed by atoms with E-state index in [4.69, 9.17) is 28.3 Å². The largest absolute Gasteiger partial charge is 0.478 e. The van der Waals surface area contributed by atoms with E-state index in [0.717, 1.165) is 6.08 Å². The molecule has 0 aliphatic heterocycles. The van der Waals surface area contributed by atoms with E-state index in [9.17, 15) is 4.79 Å². The van der Waals surface area contributed by atoms with Crippen LogP contribution in [0.25, 0.3) is 6.08 Å². The van der Waals surface area contributed by atoms with Crippen molar-refractivity contribution in [2.75, 3.05) is 0 Å². The number of carboxylic acids is 1. The Morgan fingerprint density at radius 2 is 2.07 bits per heavy atom. The van der Waals surface area contributed by atoms with Gasteiger partial charge in [0.05, 0.1) is 14.5 Å². The molecular weight excluding hydrogens is 291 g/mol. The molecule has 0 unspecified atom stereocenters. The Morgan fingerprint density at radius 3 is 2.64 bits per heavy atom. The molecule has 0 spiro atoms. The number of aliphatic carboxylic acids is 1. The summed E-state index contributed by atoms with van der Waals surface area (Å²) in [6, 6.07) is 3.29. The van der Waals surface area contributed by atoms with Gasteiger partial charge < -0.3 is 5.11 Å². The minimum absolute atomic E-state index is 0.398. The average Bonchev–Trinajstić information content (AvgIpc) is 2.13. The van der Waals surface area contributed by atoms with Crippen molar-refractivity contribution in [2.45, 2.75) is 0 Å². The van der Waals surface area contributed by atoms with Crippen LogP contribution in [0.4, 0.5) is 0 Å². The van der Waals surface area contributed by atoms with Crippen molar-refractivity contribution in [3.05, 3.63) is 38.3 Å². The maximum Gasteiger partial charge on any atom is 0.328 e. The third-order valence-electron chi connectivity index (χ3n) is 1.47. The molecule has 0 aliphatic rings. The van der Waals surface area contributed by atoms with Gasteiger partial charge in [-0.25, -0.2) is 4.79 Å². The fourth-order valence-corrected chi connectivity index (χ4v) is 1.63. The first kappa shape index (κ1) is 11.6. The molecule has 1 N–H and O–H groups in total. The standard InChI is InChI=1S/C9H5BrCl2O2/c10-8-6(11)3-1-5(9(8)12)2-4-7(13)14/h1-4H,(H,13,14)/b4-2+. The second-order valence-electron chi connectivity index (χ2n) is 2.44. The van der Waals surface area contributed by atoms with Crippen molar-refractivity contribution in [3.63, 3.8) is 0 Å². The monoisotopic (exact) mass is 294 g/mol. The topological polar surface area (TPSA) is 37.3 Å². The van der Waals surface area contributed by atoms with Crippen LogP contribution >= 0.6 is 39.1 Å². The number of hydrogen-bond donors (Lipinski definition) is 1. The third-order valence-corrected chi connectivity index (χ3v) is 3.47. The van der Waals surface area contributed by atoms with Gasteiger partial charge in [0, 0.05) is 6.08 Å². The predicted octanol–water partition coefficient (Wildman–Crippen LogP) is 3.85. The number of benzene rings is 1. The normalized spacial score (nSPS) is 10.8. The fraction of sp³-hybridized carbons (Fsp3) is 0. The van der Waals surface area contributed by atoms with Gasteiger partial charge in [-0.1, -0.05) is 29.3 Å². The number of halogens is 3. The Kier molecular flexibility index (Phi) is 3.98. The zero-order valence-corrected chi connectivity index (χ0v) is 9.90. The van der Waals surface area contributed by atoms with Gasteiger partial charge in [-0.2, -0.15) is 0 Å². The Balaban J connectivity index is 3.12. The molecule has 74 valence electrons. The van der Waals surface area contributed by atoms with Crippen LogP contribution in [0.1, 0.15) is 5.56 Å². The lowest BCUT2D eigenvalue weighted by molar-refractivity contribution is -0.131. The number of rotatable bonds is 2. The van der Waals surface area contributed by atoms with Gasteiger partial charge in [0.1, 0.15) is 0 Å². The lowest BCUT2D eigenvalue weighted by Crippen LogP contribution is -1.86. The SMILES string of the molecule is O=C(O)/C=C/c1ccc(Cl)c(Br)c1Cl. The number of carbonyl (C=O) groups is 1. The van der Waals surface area contributed by atoms with Gasteiger partial charge in [-0.15, -0.1) is 0 Å². The van der Waals surface area contributed by atoms with Crippen molar-refractivity contribution in [1.82, 2.24) is 0 Å². The molecule has 0 fully saturated rings. The van der Waals surface area contributed by atoms with Gasteiger partial charge in [-0.05, 0) is 33.6 Å². The fourth-order valence-electron chi connectivity index (χ4n) is 0.831. The van der Waals surface area contributed by atoms with E-state index in [0.29, 0.717) is 20.1 Å². The Labute approximate surface area is 99.3 Å². The lowest BCUT2D eigenvalue weighted by atomic mass is 10.2. The molecule has 0 saturated carbocycles. The summed E-state index contributed by atoms with van der Waals surface area (Å²) in [4.78, 5) is 10.3. The summed E-state index contributed by atoms with van der Waals surface area (Å²) in [6.07, 6.45) is 2.42. The highest BCUT2D eigenvalue weighted by atomic mass is 79.9. The molecule has 0 heterocycles. The van der Waals surface area contributed by atoms with Crippen LogP contribution in [-0.4, -0.2) is 11.1 Å². The van der Waals surface area contributed by atoms with E-state index in [1.165, 1.54) is 6.08 Å². The van der Waals surface area contributed by atoms with Gasteiger partial charge in [0.2, 0.25) is 0 Å². The lowest BCUT2D eigenvalue weighted by Gasteiger charge is -2.02. The highest BCUT2D eigenvalue weighted by molar-refractivity contribution is 9.10. The predicted molar refractivity (Wildman–Crippen MR) is 60.8 cm³/mol. The number of carboxylic acid groups (broad SMARTS) is 1. The molecule has 0 atom stereocenters. The molecule has 14 heavy (non-hydrogen) atoms. The van der Waals surface area contributed by atoms with Crippen molar-refractivity contribution in [2.24, 2.45) is 0 Å². The van der Waals surface area contributed by atoms with Crippen molar-refractivity contribution >= 4 is 51.2 Å². The number of hydrogen-bond acceptors (Lipinski definition) is 1. The minimum Gasteiger partial charge on any atom is -0.478 e. The highest BCUT2D eigenvalue weighted by Gasteiger charge is 2.05. The zero-order chi connectivity index (χ0) is 10.7.